The summed E-state index contributed by atoms with van der Waals surface area (Å²) in [6.07, 6.45) is 71.6. The maximum absolute atomic E-state index is 12.8. The van der Waals surface area contributed by atoms with Crippen molar-refractivity contribution in [3.05, 3.63) is 85.1 Å². The summed E-state index contributed by atoms with van der Waals surface area (Å²) >= 11 is 0. The maximum atomic E-state index is 12.8. The number of carbonyl (C=O) groups is 3. The summed E-state index contributed by atoms with van der Waals surface area (Å²) in [5.74, 6) is -0.992. The van der Waals surface area contributed by atoms with Crippen molar-refractivity contribution in [3.63, 3.8) is 0 Å². The van der Waals surface area contributed by atoms with Gasteiger partial charge in [0.25, 0.3) is 0 Å². The van der Waals surface area contributed by atoms with Crippen LogP contribution in [0.3, 0.4) is 0 Å². The number of carbonyl (C=O) groups excluding carboxylic acids is 3. The number of allylic oxidation sites excluding steroid dienone is 14. The van der Waals surface area contributed by atoms with Gasteiger partial charge in [-0.2, -0.15) is 0 Å². The molecule has 0 aromatic rings. The lowest BCUT2D eigenvalue weighted by Crippen LogP contribution is -2.30. The summed E-state index contributed by atoms with van der Waals surface area (Å²) in [5, 5.41) is 0. The van der Waals surface area contributed by atoms with E-state index in [-0.39, 0.29) is 37.5 Å². The first-order valence-electron chi connectivity index (χ1n) is 28.1. The van der Waals surface area contributed by atoms with Gasteiger partial charge in [-0.05, 0) is 83.5 Å². The molecule has 0 saturated carbocycles. The first-order valence-corrected chi connectivity index (χ1v) is 28.1. The van der Waals surface area contributed by atoms with Gasteiger partial charge in [0.1, 0.15) is 13.2 Å². The Balaban J connectivity index is 4.46. The number of hydrogen-bond donors (Lipinski definition) is 0. The van der Waals surface area contributed by atoms with E-state index >= 15 is 0 Å². The quantitative estimate of drug-likeness (QED) is 0.0262. The smallest absolute Gasteiger partial charge is 0.306 e. The molecule has 0 aliphatic heterocycles. The van der Waals surface area contributed by atoms with E-state index in [9.17, 15) is 14.4 Å². The van der Waals surface area contributed by atoms with Crippen LogP contribution in [-0.2, 0) is 28.6 Å². The Morgan fingerprint density at radius 3 is 1.03 bits per heavy atom. The van der Waals surface area contributed by atoms with E-state index in [1.165, 1.54) is 128 Å². The zero-order valence-corrected chi connectivity index (χ0v) is 43.9. The molecule has 0 fully saturated rings. The SMILES string of the molecule is CC/C=C\C/C=C\C/C=C\C/C=C\C/C=C\C/C=C\CCC(=O)OCC(COC(=O)CCCCCCC/C=C\CCCCC)OC(=O)CCCCCCCCCCCCCCCCCCCC. The molecule has 0 saturated heterocycles. The Kier molecular flexibility index (Phi) is 52.4. The Morgan fingerprint density at radius 2 is 0.612 bits per heavy atom. The maximum Gasteiger partial charge on any atom is 0.306 e. The molecule has 384 valence electrons. The molecule has 6 nitrogen and oxygen atoms in total. The van der Waals surface area contributed by atoms with Gasteiger partial charge in [0.05, 0.1) is 0 Å². The summed E-state index contributed by atoms with van der Waals surface area (Å²) in [4.78, 5) is 38.1. The van der Waals surface area contributed by atoms with Crippen LogP contribution in [0.1, 0.15) is 265 Å². The van der Waals surface area contributed by atoms with Gasteiger partial charge in [-0.25, -0.2) is 0 Å². The monoisotopic (exact) mass is 933 g/mol. The number of unbranched alkanes of at least 4 members (excludes halogenated alkanes) is 25. The zero-order valence-electron chi connectivity index (χ0n) is 43.9. The van der Waals surface area contributed by atoms with Crippen molar-refractivity contribution in [2.75, 3.05) is 13.2 Å². The van der Waals surface area contributed by atoms with Crippen LogP contribution in [0.25, 0.3) is 0 Å². The molecule has 0 amide bonds. The van der Waals surface area contributed by atoms with Gasteiger partial charge in [-0.3, -0.25) is 14.4 Å². The Hall–Kier alpha value is -3.41. The first-order chi connectivity index (χ1) is 33.0. The third kappa shape index (κ3) is 53.4. The molecular formula is C61H104O6. The fraction of sp³-hybridized carbons (Fsp3) is 0.721. The summed E-state index contributed by atoms with van der Waals surface area (Å²) in [6.45, 7) is 6.44. The standard InChI is InChI=1S/C61H104O6/c1-4-7-10-13-16-19-22-25-27-29-31-33-34-36-39-42-45-48-51-54-60(63)66-57-58(56-65-59(62)53-50-47-44-41-38-24-21-18-15-12-9-6-3)67-61(64)55-52-49-46-43-40-37-35-32-30-28-26-23-20-17-14-11-8-5-2/h7,10,16,18-19,21,25,27,31,33,36,39,45,48,58H,4-6,8-9,11-15,17,20,22-24,26,28-30,32,34-35,37-38,40-44,46-47,49-57H2,1-3H3/b10-7-,19-16-,21-18-,27-25-,33-31-,39-36-,48-45-. The van der Waals surface area contributed by atoms with E-state index in [0.29, 0.717) is 19.3 Å². The molecule has 0 N–H and O–H groups in total. The van der Waals surface area contributed by atoms with Gasteiger partial charge >= 0.3 is 17.9 Å². The second-order valence-corrected chi connectivity index (χ2v) is 18.5. The van der Waals surface area contributed by atoms with E-state index in [2.05, 4.69) is 99.8 Å². The molecular weight excluding hydrogens is 829 g/mol. The first kappa shape index (κ1) is 63.6. The second-order valence-electron chi connectivity index (χ2n) is 18.5. The number of hydrogen-bond acceptors (Lipinski definition) is 6. The molecule has 0 rings (SSSR count). The van der Waals surface area contributed by atoms with Crippen molar-refractivity contribution < 1.29 is 28.6 Å². The lowest BCUT2D eigenvalue weighted by Gasteiger charge is -2.18. The molecule has 0 radical (unpaired) electrons. The zero-order chi connectivity index (χ0) is 48.6. The lowest BCUT2D eigenvalue weighted by molar-refractivity contribution is -0.166. The van der Waals surface area contributed by atoms with Crippen LogP contribution < -0.4 is 0 Å². The van der Waals surface area contributed by atoms with Crippen LogP contribution >= 0.6 is 0 Å². The molecule has 0 spiro atoms. The molecule has 0 aromatic carbocycles. The van der Waals surface area contributed by atoms with Crippen molar-refractivity contribution in [1.82, 2.24) is 0 Å². The van der Waals surface area contributed by atoms with Crippen LogP contribution in [0.5, 0.6) is 0 Å². The minimum absolute atomic E-state index is 0.102. The predicted octanol–water partition coefficient (Wildman–Crippen LogP) is 18.8. The van der Waals surface area contributed by atoms with Gasteiger partial charge in [0, 0.05) is 19.3 Å². The Labute approximate surface area is 414 Å². The number of esters is 3. The highest BCUT2D eigenvalue weighted by molar-refractivity contribution is 5.71. The summed E-state index contributed by atoms with van der Waals surface area (Å²) in [7, 11) is 0. The molecule has 0 aromatic heterocycles. The van der Waals surface area contributed by atoms with Crippen molar-refractivity contribution >= 4 is 17.9 Å². The molecule has 0 heterocycles. The van der Waals surface area contributed by atoms with E-state index in [4.69, 9.17) is 14.2 Å². The average Bonchev–Trinajstić information content (AvgIpc) is 3.33. The van der Waals surface area contributed by atoms with E-state index in [1.54, 1.807) is 0 Å². The molecule has 6 heteroatoms. The van der Waals surface area contributed by atoms with Gasteiger partial charge in [-0.1, -0.05) is 247 Å². The highest BCUT2D eigenvalue weighted by Crippen LogP contribution is 2.16. The number of rotatable bonds is 50. The van der Waals surface area contributed by atoms with E-state index in [0.717, 1.165) is 89.9 Å². The molecule has 0 aliphatic carbocycles. The highest BCUT2D eigenvalue weighted by Gasteiger charge is 2.19. The van der Waals surface area contributed by atoms with Crippen LogP contribution in [0.15, 0.2) is 85.1 Å². The van der Waals surface area contributed by atoms with Gasteiger partial charge < -0.3 is 14.2 Å². The van der Waals surface area contributed by atoms with Gasteiger partial charge in [0.15, 0.2) is 6.10 Å². The Bertz CT molecular complexity index is 1300. The summed E-state index contributed by atoms with van der Waals surface area (Å²) in [6, 6.07) is 0. The molecule has 0 aliphatic rings. The van der Waals surface area contributed by atoms with Crippen LogP contribution in [-0.4, -0.2) is 37.2 Å². The fourth-order valence-electron chi connectivity index (χ4n) is 7.70. The third-order valence-electron chi connectivity index (χ3n) is 11.9. The third-order valence-corrected chi connectivity index (χ3v) is 11.9. The van der Waals surface area contributed by atoms with Crippen molar-refractivity contribution in [2.45, 2.75) is 271 Å². The van der Waals surface area contributed by atoms with Crippen molar-refractivity contribution in [3.8, 4) is 0 Å². The summed E-state index contributed by atoms with van der Waals surface area (Å²) in [5.41, 5.74) is 0. The minimum Gasteiger partial charge on any atom is -0.462 e. The lowest BCUT2D eigenvalue weighted by atomic mass is 10.0. The average molecular weight is 933 g/mol. The largest absolute Gasteiger partial charge is 0.462 e. The van der Waals surface area contributed by atoms with Gasteiger partial charge in [0.2, 0.25) is 0 Å². The van der Waals surface area contributed by atoms with Gasteiger partial charge in [-0.15, -0.1) is 0 Å². The molecule has 67 heavy (non-hydrogen) atoms. The summed E-state index contributed by atoms with van der Waals surface area (Å²) < 4.78 is 16.8. The molecule has 1 atom stereocenters. The molecule has 0 bridgehead atoms. The van der Waals surface area contributed by atoms with Crippen molar-refractivity contribution in [2.24, 2.45) is 0 Å². The van der Waals surface area contributed by atoms with Crippen LogP contribution in [0.4, 0.5) is 0 Å². The van der Waals surface area contributed by atoms with Crippen molar-refractivity contribution in [1.29, 1.82) is 0 Å². The molecule has 1 unspecified atom stereocenters. The Morgan fingerprint density at radius 1 is 0.313 bits per heavy atom. The van der Waals surface area contributed by atoms with Crippen LogP contribution in [0, 0.1) is 0 Å². The normalized spacial score (nSPS) is 12.7. The van der Waals surface area contributed by atoms with Crippen LogP contribution in [0.2, 0.25) is 0 Å². The van der Waals surface area contributed by atoms with E-state index < -0.39 is 6.10 Å². The topological polar surface area (TPSA) is 78.9 Å². The second kappa shape index (κ2) is 55.2. The highest BCUT2D eigenvalue weighted by atomic mass is 16.6. The predicted molar refractivity (Wildman–Crippen MR) is 288 cm³/mol. The minimum atomic E-state index is -0.808. The fourth-order valence-corrected chi connectivity index (χ4v) is 7.70. The number of ether oxygens (including phenoxy) is 3. The van der Waals surface area contributed by atoms with E-state index in [1.807, 2.05) is 6.08 Å².